The lowest BCUT2D eigenvalue weighted by atomic mass is 10.1. The molecule has 122 valence electrons. The molecule has 23 heavy (non-hydrogen) atoms. The minimum Gasteiger partial charge on any atom is -0.496 e. The highest BCUT2D eigenvalue weighted by Crippen LogP contribution is 2.23. The van der Waals surface area contributed by atoms with Crippen molar-refractivity contribution in [2.45, 2.75) is 27.2 Å². The standard InChI is InChI=1S/C19H23NO3/c1-5-10-23-16-8-9-17(14(3)11-16)20-19(21)15-7-6-13(2)18(12-15)22-4/h6-9,11-12H,5,10H2,1-4H3,(H,20,21). The summed E-state index contributed by atoms with van der Waals surface area (Å²) in [4.78, 5) is 12.4. The van der Waals surface area contributed by atoms with E-state index in [4.69, 9.17) is 9.47 Å². The predicted octanol–water partition coefficient (Wildman–Crippen LogP) is 4.35. The van der Waals surface area contributed by atoms with Gasteiger partial charge in [-0.05, 0) is 61.7 Å². The van der Waals surface area contributed by atoms with Crippen LogP contribution in [0.2, 0.25) is 0 Å². The SMILES string of the molecule is CCCOc1ccc(NC(=O)c2ccc(C)c(OC)c2)c(C)c1. The minimum atomic E-state index is -0.159. The summed E-state index contributed by atoms with van der Waals surface area (Å²) < 4.78 is 10.9. The molecular weight excluding hydrogens is 290 g/mol. The van der Waals surface area contributed by atoms with E-state index in [1.165, 1.54) is 0 Å². The molecule has 2 aromatic carbocycles. The van der Waals surface area contributed by atoms with Gasteiger partial charge in [-0.1, -0.05) is 13.0 Å². The van der Waals surface area contributed by atoms with Crippen LogP contribution < -0.4 is 14.8 Å². The van der Waals surface area contributed by atoms with Gasteiger partial charge in [0.15, 0.2) is 0 Å². The van der Waals surface area contributed by atoms with E-state index in [1.807, 2.05) is 38.1 Å². The number of nitrogens with one attached hydrogen (secondary N) is 1. The lowest BCUT2D eigenvalue weighted by Crippen LogP contribution is -2.13. The van der Waals surface area contributed by atoms with Gasteiger partial charge < -0.3 is 14.8 Å². The fourth-order valence-electron chi connectivity index (χ4n) is 2.24. The number of hydrogen-bond acceptors (Lipinski definition) is 3. The Balaban J connectivity index is 2.13. The zero-order chi connectivity index (χ0) is 16.8. The van der Waals surface area contributed by atoms with E-state index >= 15 is 0 Å². The maximum Gasteiger partial charge on any atom is 0.255 e. The van der Waals surface area contributed by atoms with Crippen LogP contribution in [-0.2, 0) is 0 Å². The van der Waals surface area contributed by atoms with Gasteiger partial charge in [-0.3, -0.25) is 4.79 Å². The Morgan fingerprint density at radius 3 is 2.52 bits per heavy atom. The molecule has 0 unspecified atom stereocenters. The van der Waals surface area contributed by atoms with Crippen LogP contribution in [0.25, 0.3) is 0 Å². The molecule has 0 aliphatic carbocycles. The molecule has 0 fully saturated rings. The van der Waals surface area contributed by atoms with Crippen molar-refractivity contribution in [3.63, 3.8) is 0 Å². The lowest BCUT2D eigenvalue weighted by Gasteiger charge is -2.12. The molecule has 2 rings (SSSR count). The molecule has 0 aliphatic rings. The normalized spacial score (nSPS) is 10.3. The van der Waals surface area contributed by atoms with Gasteiger partial charge in [-0.25, -0.2) is 0 Å². The summed E-state index contributed by atoms with van der Waals surface area (Å²) in [5, 5.41) is 2.93. The van der Waals surface area contributed by atoms with Gasteiger partial charge in [0.2, 0.25) is 0 Å². The second-order valence-corrected chi connectivity index (χ2v) is 5.46. The van der Waals surface area contributed by atoms with Gasteiger partial charge >= 0.3 is 0 Å². The molecule has 0 atom stereocenters. The average molecular weight is 313 g/mol. The van der Waals surface area contributed by atoms with Crippen LogP contribution >= 0.6 is 0 Å². The highest BCUT2D eigenvalue weighted by atomic mass is 16.5. The number of benzene rings is 2. The first-order valence-electron chi connectivity index (χ1n) is 7.74. The third kappa shape index (κ3) is 4.25. The number of methoxy groups -OCH3 is 1. The number of hydrogen-bond donors (Lipinski definition) is 1. The molecule has 4 nitrogen and oxygen atoms in total. The minimum absolute atomic E-state index is 0.159. The van der Waals surface area contributed by atoms with Crippen molar-refractivity contribution in [3.8, 4) is 11.5 Å². The van der Waals surface area contributed by atoms with Crippen LogP contribution in [0.1, 0.15) is 34.8 Å². The number of rotatable bonds is 6. The van der Waals surface area contributed by atoms with Gasteiger partial charge in [-0.2, -0.15) is 0 Å². The van der Waals surface area contributed by atoms with Crippen LogP contribution in [-0.4, -0.2) is 19.6 Å². The zero-order valence-corrected chi connectivity index (χ0v) is 14.1. The third-order valence-electron chi connectivity index (χ3n) is 3.59. The summed E-state index contributed by atoms with van der Waals surface area (Å²) in [6.45, 7) is 6.65. The van der Waals surface area contributed by atoms with Gasteiger partial charge in [0.05, 0.1) is 13.7 Å². The summed E-state index contributed by atoms with van der Waals surface area (Å²) in [7, 11) is 1.60. The van der Waals surface area contributed by atoms with Gasteiger partial charge in [-0.15, -0.1) is 0 Å². The predicted molar refractivity (Wildman–Crippen MR) is 92.6 cm³/mol. The number of amides is 1. The largest absolute Gasteiger partial charge is 0.496 e. The average Bonchev–Trinajstić information content (AvgIpc) is 2.55. The summed E-state index contributed by atoms with van der Waals surface area (Å²) in [5.74, 6) is 1.37. The van der Waals surface area contributed by atoms with Crippen LogP contribution in [0, 0.1) is 13.8 Å². The first-order chi connectivity index (χ1) is 11.0. The summed E-state index contributed by atoms with van der Waals surface area (Å²) >= 11 is 0. The fraction of sp³-hybridized carbons (Fsp3) is 0.316. The molecule has 4 heteroatoms. The maximum absolute atomic E-state index is 12.4. The molecule has 1 N–H and O–H groups in total. The van der Waals surface area contributed by atoms with Crippen LogP contribution in [0.5, 0.6) is 11.5 Å². The smallest absolute Gasteiger partial charge is 0.255 e. The molecule has 0 aliphatic heterocycles. The van der Waals surface area contributed by atoms with Crippen molar-refractivity contribution < 1.29 is 14.3 Å². The highest BCUT2D eigenvalue weighted by molar-refractivity contribution is 6.05. The summed E-state index contributed by atoms with van der Waals surface area (Å²) in [6, 6.07) is 11.1. The van der Waals surface area contributed by atoms with E-state index in [1.54, 1.807) is 19.2 Å². The summed E-state index contributed by atoms with van der Waals surface area (Å²) in [5.41, 5.74) is 3.31. The number of anilines is 1. The van der Waals surface area contributed by atoms with Crippen molar-refractivity contribution in [1.82, 2.24) is 0 Å². The topological polar surface area (TPSA) is 47.6 Å². The zero-order valence-electron chi connectivity index (χ0n) is 14.1. The van der Waals surface area contributed by atoms with E-state index < -0.39 is 0 Å². The first kappa shape index (κ1) is 16.9. The van der Waals surface area contributed by atoms with Crippen LogP contribution in [0.3, 0.4) is 0 Å². The van der Waals surface area contributed by atoms with Crippen molar-refractivity contribution in [2.75, 3.05) is 19.0 Å². The fourth-order valence-corrected chi connectivity index (χ4v) is 2.24. The Labute approximate surface area is 137 Å². The van der Waals surface area contributed by atoms with Crippen molar-refractivity contribution in [2.24, 2.45) is 0 Å². The molecule has 0 heterocycles. The second kappa shape index (κ2) is 7.68. The Morgan fingerprint density at radius 1 is 1.09 bits per heavy atom. The Bertz CT molecular complexity index is 695. The van der Waals surface area contributed by atoms with Gasteiger partial charge in [0, 0.05) is 11.3 Å². The second-order valence-electron chi connectivity index (χ2n) is 5.46. The van der Waals surface area contributed by atoms with Crippen LogP contribution in [0.4, 0.5) is 5.69 Å². The Kier molecular flexibility index (Phi) is 5.63. The van der Waals surface area contributed by atoms with E-state index in [0.29, 0.717) is 17.9 Å². The Hall–Kier alpha value is -2.49. The molecule has 0 aromatic heterocycles. The Morgan fingerprint density at radius 2 is 1.87 bits per heavy atom. The quantitative estimate of drug-likeness (QED) is 0.862. The van der Waals surface area contributed by atoms with Crippen LogP contribution in [0.15, 0.2) is 36.4 Å². The molecule has 1 amide bonds. The highest BCUT2D eigenvalue weighted by Gasteiger charge is 2.10. The number of carbonyl (C=O) groups excluding carboxylic acids is 1. The van der Waals surface area contributed by atoms with Crippen molar-refractivity contribution in [3.05, 3.63) is 53.1 Å². The third-order valence-corrected chi connectivity index (χ3v) is 3.59. The molecular formula is C19H23NO3. The number of ether oxygens (including phenoxy) is 2. The summed E-state index contributed by atoms with van der Waals surface area (Å²) in [6.07, 6.45) is 0.965. The van der Waals surface area contributed by atoms with Crippen molar-refractivity contribution in [1.29, 1.82) is 0 Å². The molecule has 0 saturated carbocycles. The molecule has 0 radical (unpaired) electrons. The van der Waals surface area contributed by atoms with E-state index in [-0.39, 0.29) is 5.91 Å². The molecule has 0 bridgehead atoms. The van der Waals surface area contributed by atoms with E-state index in [0.717, 1.165) is 29.0 Å². The number of aryl methyl sites for hydroxylation is 2. The molecule has 0 spiro atoms. The number of carbonyl (C=O) groups is 1. The first-order valence-corrected chi connectivity index (χ1v) is 7.74. The molecule has 0 saturated heterocycles. The molecule has 2 aromatic rings. The van der Waals surface area contributed by atoms with Gasteiger partial charge in [0.25, 0.3) is 5.91 Å². The maximum atomic E-state index is 12.4. The van der Waals surface area contributed by atoms with Crippen molar-refractivity contribution >= 4 is 11.6 Å². The van der Waals surface area contributed by atoms with E-state index in [2.05, 4.69) is 12.2 Å². The van der Waals surface area contributed by atoms with E-state index in [9.17, 15) is 4.79 Å². The van der Waals surface area contributed by atoms with Gasteiger partial charge in [0.1, 0.15) is 11.5 Å². The monoisotopic (exact) mass is 313 g/mol. The lowest BCUT2D eigenvalue weighted by molar-refractivity contribution is 0.102.